The van der Waals surface area contributed by atoms with Crippen molar-refractivity contribution < 1.29 is 19.0 Å². The van der Waals surface area contributed by atoms with Crippen molar-refractivity contribution in [3.05, 3.63) is 47.5 Å². The molecule has 0 aliphatic rings. The molecule has 0 N–H and O–H groups in total. The van der Waals surface area contributed by atoms with E-state index >= 15 is 0 Å². The van der Waals surface area contributed by atoms with Crippen LogP contribution in [0.4, 0.5) is 0 Å². The third kappa shape index (κ3) is 5.90. The SMILES string of the molecule is C=C(C)C(=O)OC(CCCCCC)COc1c(Cl)cc(OC)c2ccccc12. The number of hydrogen-bond donors (Lipinski definition) is 0. The van der Waals surface area contributed by atoms with Crippen LogP contribution in [0.1, 0.15) is 46.0 Å². The number of ether oxygens (including phenoxy) is 3. The zero-order chi connectivity index (χ0) is 20.5. The van der Waals surface area contributed by atoms with Crippen molar-refractivity contribution in [1.29, 1.82) is 0 Å². The van der Waals surface area contributed by atoms with Crippen molar-refractivity contribution >= 4 is 28.3 Å². The van der Waals surface area contributed by atoms with Gasteiger partial charge in [-0.3, -0.25) is 0 Å². The van der Waals surface area contributed by atoms with Crippen LogP contribution in [0.15, 0.2) is 42.5 Å². The van der Waals surface area contributed by atoms with E-state index in [1.165, 1.54) is 0 Å². The number of esters is 1. The lowest BCUT2D eigenvalue weighted by molar-refractivity contribution is -0.146. The van der Waals surface area contributed by atoms with E-state index < -0.39 is 5.97 Å². The van der Waals surface area contributed by atoms with Gasteiger partial charge in [0, 0.05) is 22.4 Å². The molecule has 0 heterocycles. The molecule has 0 amide bonds. The Bertz CT molecular complexity index is 816. The average Bonchev–Trinajstić information content (AvgIpc) is 2.69. The van der Waals surface area contributed by atoms with Gasteiger partial charge in [-0.1, -0.05) is 68.6 Å². The van der Waals surface area contributed by atoms with E-state index in [9.17, 15) is 4.79 Å². The molecule has 0 radical (unpaired) electrons. The second-order valence-electron chi connectivity index (χ2n) is 6.90. The first-order chi connectivity index (χ1) is 13.5. The van der Waals surface area contributed by atoms with Crippen LogP contribution in [0.5, 0.6) is 11.5 Å². The van der Waals surface area contributed by atoms with Gasteiger partial charge in [-0.2, -0.15) is 0 Å². The maximum absolute atomic E-state index is 12.0. The quantitative estimate of drug-likeness (QED) is 0.249. The molecule has 1 atom stereocenters. The van der Waals surface area contributed by atoms with E-state index in [0.29, 0.717) is 22.1 Å². The summed E-state index contributed by atoms with van der Waals surface area (Å²) in [5.41, 5.74) is 0.381. The van der Waals surface area contributed by atoms with Gasteiger partial charge in [0.05, 0.1) is 12.1 Å². The summed E-state index contributed by atoms with van der Waals surface area (Å²) in [4.78, 5) is 12.0. The average molecular weight is 405 g/mol. The molecule has 1 unspecified atom stereocenters. The Morgan fingerprint density at radius 1 is 1.18 bits per heavy atom. The van der Waals surface area contributed by atoms with Crippen LogP contribution in [-0.4, -0.2) is 25.8 Å². The summed E-state index contributed by atoms with van der Waals surface area (Å²) in [5.74, 6) is 0.871. The van der Waals surface area contributed by atoms with E-state index in [1.807, 2.05) is 24.3 Å². The maximum Gasteiger partial charge on any atom is 0.333 e. The highest BCUT2D eigenvalue weighted by atomic mass is 35.5. The minimum atomic E-state index is -0.394. The summed E-state index contributed by atoms with van der Waals surface area (Å²) in [6, 6.07) is 9.51. The molecule has 2 aromatic rings. The zero-order valence-electron chi connectivity index (χ0n) is 16.9. The van der Waals surface area contributed by atoms with Crippen LogP contribution in [0.3, 0.4) is 0 Å². The standard InChI is InChI=1S/C23H29ClO4/c1-5-6-7-8-11-17(28-23(25)16(2)3)15-27-22-19-13-10-9-12-18(19)21(26-4)14-20(22)24/h9-10,12-14,17H,2,5-8,11,15H2,1,3-4H3. The van der Waals surface area contributed by atoms with E-state index in [2.05, 4.69) is 13.5 Å². The van der Waals surface area contributed by atoms with Gasteiger partial charge < -0.3 is 14.2 Å². The number of halogens is 1. The summed E-state index contributed by atoms with van der Waals surface area (Å²) >= 11 is 6.45. The smallest absolute Gasteiger partial charge is 0.333 e. The summed E-state index contributed by atoms with van der Waals surface area (Å²) in [5, 5.41) is 2.25. The van der Waals surface area contributed by atoms with Crippen LogP contribution in [0, 0.1) is 0 Å². The van der Waals surface area contributed by atoms with Gasteiger partial charge in [0.25, 0.3) is 0 Å². The topological polar surface area (TPSA) is 44.8 Å². The molecule has 2 rings (SSSR count). The Morgan fingerprint density at radius 2 is 1.89 bits per heavy atom. The molecule has 0 spiro atoms. The highest BCUT2D eigenvalue weighted by molar-refractivity contribution is 6.33. The fourth-order valence-corrected chi connectivity index (χ4v) is 3.26. The number of benzene rings is 2. The van der Waals surface area contributed by atoms with Crippen LogP contribution >= 0.6 is 11.6 Å². The maximum atomic E-state index is 12.0. The molecule has 2 aromatic carbocycles. The van der Waals surface area contributed by atoms with Crippen LogP contribution < -0.4 is 9.47 Å². The number of carbonyl (C=O) groups is 1. The van der Waals surface area contributed by atoms with Crippen molar-refractivity contribution in [2.24, 2.45) is 0 Å². The Hall–Kier alpha value is -2.20. The predicted octanol–water partition coefficient (Wildman–Crippen LogP) is 6.34. The Kier molecular flexibility index (Phi) is 8.65. The molecular formula is C23H29ClO4. The highest BCUT2D eigenvalue weighted by Gasteiger charge is 2.18. The van der Waals surface area contributed by atoms with Gasteiger partial charge in [-0.05, 0) is 19.8 Å². The fraction of sp³-hybridized carbons (Fsp3) is 0.435. The molecule has 0 fully saturated rings. The molecule has 0 saturated heterocycles. The van der Waals surface area contributed by atoms with Gasteiger partial charge in [-0.15, -0.1) is 0 Å². The molecule has 0 aromatic heterocycles. The monoisotopic (exact) mass is 404 g/mol. The first-order valence-electron chi connectivity index (χ1n) is 9.72. The van der Waals surface area contributed by atoms with Crippen molar-refractivity contribution in [2.45, 2.75) is 52.1 Å². The number of unbranched alkanes of at least 4 members (excludes halogenated alkanes) is 3. The molecule has 0 saturated carbocycles. The summed E-state index contributed by atoms with van der Waals surface area (Å²) < 4.78 is 17.1. The minimum Gasteiger partial charge on any atom is -0.496 e. The van der Waals surface area contributed by atoms with Crippen LogP contribution in [-0.2, 0) is 9.53 Å². The second kappa shape index (κ2) is 11.0. The van der Waals surface area contributed by atoms with Gasteiger partial charge in [0.15, 0.2) is 0 Å². The van der Waals surface area contributed by atoms with E-state index in [0.717, 1.165) is 42.9 Å². The van der Waals surface area contributed by atoms with Crippen LogP contribution in [0.2, 0.25) is 5.02 Å². The van der Waals surface area contributed by atoms with E-state index in [1.54, 1.807) is 20.1 Å². The molecule has 0 aliphatic carbocycles. The van der Waals surface area contributed by atoms with Crippen molar-refractivity contribution in [3.8, 4) is 11.5 Å². The number of carbonyl (C=O) groups excluding carboxylic acids is 1. The van der Waals surface area contributed by atoms with Gasteiger partial charge in [-0.25, -0.2) is 4.79 Å². The lowest BCUT2D eigenvalue weighted by Crippen LogP contribution is -2.25. The van der Waals surface area contributed by atoms with Crippen molar-refractivity contribution in [1.82, 2.24) is 0 Å². The number of hydrogen-bond acceptors (Lipinski definition) is 4. The molecular weight excluding hydrogens is 376 g/mol. The van der Waals surface area contributed by atoms with Crippen LogP contribution in [0.25, 0.3) is 10.8 Å². The summed E-state index contributed by atoms with van der Waals surface area (Å²) in [7, 11) is 1.61. The third-order valence-corrected chi connectivity index (χ3v) is 4.83. The van der Waals surface area contributed by atoms with Gasteiger partial charge in [0.2, 0.25) is 0 Å². The predicted molar refractivity (Wildman–Crippen MR) is 114 cm³/mol. The highest BCUT2D eigenvalue weighted by Crippen LogP contribution is 2.39. The zero-order valence-corrected chi connectivity index (χ0v) is 17.7. The Labute approximate surface area is 172 Å². The summed E-state index contributed by atoms with van der Waals surface area (Å²) in [6.45, 7) is 7.71. The van der Waals surface area contributed by atoms with Crippen molar-refractivity contribution in [3.63, 3.8) is 0 Å². The number of fused-ring (bicyclic) bond motifs is 1. The van der Waals surface area contributed by atoms with E-state index in [-0.39, 0.29) is 12.7 Å². The minimum absolute atomic E-state index is 0.237. The molecule has 4 nitrogen and oxygen atoms in total. The van der Waals surface area contributed by atoms with Crippen molar-refractivity contribution in [2.75, 3.05) is 13.7 Å². The first kappa shape index (κ1) is 22.1. The third-order valence-electron chi connectivity index (χ3n) is 4.55. The largest absolute Gasteiger partial charge is 0.496 e. The fourth-order valence-electron chi connectivity index (χ4n) is 3.00. The number of methoxy groups -OCH3 is 1. The Balaban J connectivity index is 2.17. The molecule has 0 bridgehead atoms. The van der Waals surface area contributed by atoms with Gasteiger partial charge in [0.1, 0.15) is 24.2 Å². The molecule has 5 heteroatoms. The second-order valence-corrected chi connectivity index (χ2v) is 7.31. The van der Waals surface area contributed by atoms with E-state index in [4.69, 9.17) is 25.8 Å². The molecule has 152 valence electrons. The number of rotatable bonds is 11. The van der Waals surface area contributed by atoms with Gasteiger partial charge >= 0.3 is 5.97 Å². The lowest BCUT2D eigenvalue weighted by Gasteiger charge is -2.20. The molecule has 0 aliphatic heterocycles. The Morgan fingerprint density at radius 3 is 2.54 bits per heavy atom. The normalized spacial score (nSPS) is 11.9. The lowest BCUT2D eigenvalue weighted by atomic mass is 10.1. The summed E-state index contributed by atoms with van der Waals surface area (Å²) in [6.07, 6.45) is 4.78. The first-order valence-corrected chi connectivity index (χ1v) is 10.1. The molecule has 28 heavy (non-hydrogen) atoms.